The van der Waals surface area contributed by atoms with E-state index in [-0.39, 0.29) is 11.5 Å². The first kappa shape index (κ1) is 13.4. The summed E-state index contributed by atoms with van der Waals surface area (Å²) < 4.78 is 18.7. The molecule has 21 heavy (non-hydrogen) atoms. The minimum absolute atomic E-state index is 0.289. The quantitative estimate of drug-likeness (QED) is 0.923. The highest BCUT2D eigenvalue weighted by molar-refractivity contribution is 6.04. The van der Waals surface area contributed by atoms with Crippen molar-refractivity contribution >= 4 is 17.3 Å². The van der Waals surface area contributed by atoms with Crippen LogP contribution in [-0.4, -0.2) is 26.1 Å². The molecule has 0 atom stereocenters. The van der Waals surface area contributed by atoms with E-state index in [9.17, 15) is 9.18 Å². The lowest BCUT2D eigenvalue weighted by atomic mass is 10.2. The summed E-state index contributed by atoms with van der Waals surface area (Å²) in [5, 5.41) is 2.77. The second-order valence-corrected chi connectivity index (χ2v) is 4.92. The number of likely N-dealkylation sites (N-methyl/N-ethyl adjacent to an activating group) is 1. The van der Waals surface area contributed by atoms with Gasteiger partial charge in [0, 0.05) is 18.3 Å². The molecule has 0 bridgehead atoms. The molecule has 1 amide bonds. The van der Waals surface area contributed by atoms with Crippen molar-refractivity contribution in [3.63, 3.8) is 0 Å². The normalized spacial score (nSPS) is 13.3. The number of carbonyl (C=O) groups is 1. The number of amides is 1. The van der Waals surface area contributed by atoms with Crippen molar-refractivity contribution in [3.8, 4) is 5.75 Å². The first-order valence-corrected chi connectivity index (χ1v) is 6.68. The summed E-state index contributed by atoms with van der Waals surface area (Å²) in [4.78, 5) is 14.2. The molecule has 1 heterocycles. The van der Waals surface area contributed by atoms with Gasteiger partial charge in [0.25, 0.3) is 5.91 Å². The third-order valence-electron chi connectivity index (χ3n) is 3.40. The van der Waals surface area contributed by atoms with Gasteiger partial charge in [0.1, 0.15) is 18.2 Å². The van der Waals surface area contributed by atoms with Crippen molar-refractivity contribution in [1.82, 2.24) is 0 Å². The second kappa shape index (κ2) is 5.44. The number of hydrogen-bond acceptors (Lipinski definition) is 3. The Bertz CT molecular complexity index is 688. The van der Waals surface area contributed by atoms with Gasteiger partial charge in [-0.1, -0.05) is 6.07 Å². The maximum atomic E-state index is 13.1. The van der Waals surface area contributed by atoms with Crippen molar-refractivity contribution in [2.24, 2.45) is 0 Å². The number of hydrogen-bond donors (Lipinski definition) is 1. The van der Waals surface area contributed by atoms with Gasteiger partial charge in [-0.15, -0.1) is 0 Å². The fourth-order valence-electron chi connectivity index (χ4n) is 2.26. The zero-order valence-corrected chi connectivity index (χ0v) is 11.6. The van der Waals surface area contributed by atoms with E-state index < -0.39 is 5.82 Å². The number of fused-ring (bicyclic) bond motifs is 1. The molecule has 0 aliphatic carbocycles. The molecule has 0 radical (unpaired) electrons. The number of halogens is 1. The molecule has 3 rings (SSSR count). The van der Waals surface area contributed by atoms with E-state index in [0.717, 1.165) is 18.0 Å². The van der Waals surface area contributed by atoms with Crippen LogP contribution in [0.3, 0.4) is 0 Å². The van der Waals surface area contributed by atoms with Gasteiger partial charge in [-0.3, -0.25) is 4.79 Å². The van der Waals surface area contributed by atoms with Crippen LogP contribution >= 0.6 is 0 Å². The smallest absolute Gasteiger partial charge is 0.255 e. The molecule has 0 fully saturated rings. The van der Waals surface area contributed by atoms with Crippen LogP contribution in [0.15, 0.2) is 42.5 Å². The number of nitrogens with zero attached hydrogens (tertiary/aromatic N) is 1. The second-order valence-electron chi connectivity index (χ2n) is 4.92. The lowest BCUT2D eigenvalue weighted by Crippen LogP contribution is -2.28. The lowest BCUT2D eigenvalue weighted by Gasteiger charge is -2.28. The molecule has 0 spiro atoms. The summed E-state index contributed by atoms with van der Waals surface area (Å²) in [5.74, 6) is 0.0301. The number of rotatable bonds is 2. The van der Waals surface area contributed by atoms with Crippen LogP contribution in [0.5, 0.6) is 5.75 Å². The highest BCUT2D eigenvalue weighted by Gasteiger charge is 2.16. The van der Waals surface area contributed by atoms with Crippen LogP contribution in [0.2, 0.25) is 0 Å². The van der Waals surface area contributed by atoms with Gasteiger partial charge in [-0.2, -0.15) is 0 Å². The summed E-state index contributed by atoms with van der Waals surface area (Å²) in [6.45, 7) is 1.45. The van der Waals surface area contributed by atoms with Crippen LogP contribution in [0.25, 0.3) is 0 Å². The van der Waals surface area contributed by atoms with Crippen molar-refractivity contribution in [1.29, 1.82) is 0 Å². The molecule has 0 saturated carbocycles. The van der Waals surface area contributed by atoms with Gasteiger partial charge in [-0.05, 0) is 36.4 Å². The first-order chi connectivity index (χ1) is 10.1. The van der Waals surface area contributed by atoms with Crippen LogP contribution in [0.1, 0.15) is 10.4 Å². The minimum atomic E-state index is -0.429. The van der Waals surface area contributed by atoms with Crippen molar-refractivity contribution < 1.29 is 13.9 Å². The zero-order valence-electron chi connectivity index (χ0n) is 11.6. The molecule has 2 aromatic carbocycles. The number of anilines is 2. The van der Waals surface area contributed by atoms with Crippen molar-refractivity contribution in [3.05, 3.63) is 53.8 Å². The number of ether oxygens (including phenoxy) is 1. The van der Waals surface area contributed by atoms with E-state index in [2.05, 4.69) is 10.2 Å². The summed E-state index contributed by atoms with van der Waals surface area (Å²) in [6.07, 6.45) is 0. The molecule has 0 saturated heterocycles. The number of carbonyl (C=O) groups excluding carboxylic acids is 1. The topological polar surface area (TPSA) is 41.6 Å². The molecule has 108 valence electrons. The van der Waals surface area contributed by atoms with Crippen LogP contribution in [0, 0.1) is 5.82 Å². The monoisotopic (exact) mass is 286 g/mol. The van der Waals surface area contributed by atoms with E-state index in [1.807, 2.05) is 19.2 Å². The van der Waals surface area contributed by atoms with Gasteiger partial charge in [0.15, 0.2) is 0 Å². The Morgan fingerprint density at radius 3 is 2.95 bits per heavy atom. The standard InChI is InChI=1S/C16H15FN2O2/c1-19-7-8-21-15-6-5-13(10-14(15)19)18-16(20)11-3-2-4-12(17)9-11/h2-6,9-10H,7-8H2,1H3,(H,18,20). The van der Waals surface area contributed by atoms with Gasteiger partial charge >= 0.3 is 0 Å². The van der Waals surface area contributed by atoms with Crippen molar-refractivity contribution in [2.45, 2.75) is 0 Å². The molecular weight excluding hydrogens is 271 g/mol. The van der Waals surface area contributed by atoms with Crippen LogP contribution in [0.4, 0.5) is 15.8 Å². The van der Waals surface area contributed by atoms with E-state index in [1.165, 1.54) is 18.2 Å². The third kappa shape index (κ3) is 2.81. The lowest BCUT2D eigenvalue weighted by molar-refractivity contribution is 0.102. The molecule has 1 aliphatic heterocycles. The average molecular weight is 286 g/mol. The fourth-order valence-corrected chi connectivity index (χ4v) is 2.26. The van der Waals surface area contributed by atoms with Crippen LogP contribution < -0.4 is 15.0 Å². The molecule has 1 aliphatic rings. The Balaban J connectivity index is 1.82. The maximum Gasteiger partial charge on any atom is 0.255 e. The van der Waals surface area contributed by atoms with Gasteiger partial charge in [0.2, 0.25) is 0 Å². The Kier molecular flexibility index (Phi) is 3.48. The molecule has 2 aromatic rings. The molecular formula is C16H15FN2O2. The highest BCUT2D eigenvalue weighted by Crippen LogP contribution is 2.33. The minimum Gasteiger partial charge on any atom is -0.490 e. The van der Waals surface area contributed by atoms with Gasteiger partial charge in [0.05, 0.1) is 12.2 Å². The molecule has 0 aromatic heterocycles. The van der Waals surface area contributed by atoms with E-state index in [4.69, 9.17) is 4.74 Å². The Morgan fingerprint density at radius 1 is 1.29 bits per heavy atom. The number of benzene rings is 2. The summed E-state index contributed by atoms with van der Waals surface area (Å²) in [7, 11) is 1.97. The van der Waals surface area contributed by atoms with Crippen LogP contribution in [-0.2, 0) is 0 Å². The van der Waals surface area contributed by atoms with E-state index in [1.54, 1.807) is 12.1 Å². The van der Waals surface area contributed by atoms with E-state index in [0.29, 0.717) is 12.3 Å². The van der Waals surface area contributed by atoms with Gasteiger partial charge < -0.3 is 15.0 Å². The zero-order chi connectivity index (χ0) is 14.8. The summed E-state index contributed by atoms with van der Waals surface area (Å²) in [5.41, 5.74) is 1.87. The van der Waals surface area contributed by atoms with E-state index >= 15 is 0 Å². The fraction of sp³-hybridized carbons (Fsp3) is 0.188. The third-order valence-corrected chi connectivity index (χ3v) is 3.40. The highest BCUT2D eigenvalue weighted by atomic mass is 19.1. The SMILES string of the molecule is CN1CCOc2ccc(NC(=O)c3cccc(F)c3)cc21. The molecule has 0 unspecified atom stereocenters. The Hall–Kier alpha value is -2.56. The Morgan fingerprint density at radius 2 is 2.14 bits per heavy atom. The predicted octanol–water partition coefficient (Wildman–Crippen LogP) is 2.91. The maximum absolute atomic E-state index is 13.1. The predicted molar refractivity (Wildman–Crippen MR) is 79.6 cm³/mol. The Labute approximate surface area is 122 Å². The molecule has 5 heteroatoms. The summed E-state index contributed by atoms with van der Waals surface area (Å²) in [6, 6.07) is 11.1. The average Bonchev–Trinajstić information content (AvgIpc) is 2.48. The van der Waals surface area contributed by atoms with Crippen molar-refractivity contribution in [2.75, 3.05) is 30.4 Å². The number of nitrogens with one attached hydrogen (secondary N) is 1. The summed E-state index contributed by atoms with van der Waals surface area (Å²) >= 11 is 0. The largest absolute Gasteiger partial charge is 0.490 e. The molecule has 4 nitrogen and oxygen atoms in total. The first-order valence-electron chi connectivity index (χ1n) is 6.68. The van der Waals surface area contributed by atoms with Gasteiger partial charge in [-0.25, -0.2) is 4.39 Å². The molecule has 1 N–H and O–H groups in total.